The monoisotopic (exact) mass is 395 g/mol. The van der Waals surface area contributed by atoms with Gasteiger partial charge in [-0.1, -0.05) is 30.3 Å². The average Bonchev–Trinajstić information content (AvgIpc) is 2.58. The third-order valence-corrected chi connectivity index (χ3v) is 6.40. The Morgan fingerprint density at radius 2 is 1.00 bits per heavy atom. The second kappa shape index (κ2) is 9.05. The third kappa shape index (κ3) is 5.74. The van der Waals surface area contributed by atoms with Gasteiger partial charge in [-0.3, -0.25) is 0 Å². The van der Waals surface area contributed by atoms with E-state index in [9.17, 15) is 9.90 Å². The van der Waals surface area contributed by atoms with Gasteiger partial charge in [0, 0.05) is 0 Å². The van der Waals surface area contributed by atoms with Crippen molar-refractivity contribution in [2.75, 3.05) is 0 Å². The average molecular weight is 394 g/mol. The second-order valence-corrected chi connectivity index (χ2v) is 8.52. The topological polar surface area (TPSA) is 40.1 Å². The van der Waals surface area contributed by atoms with Crippen molar-refractivity contribution in [3.8, 4) is 0 Å². The molecule has 22 heavy (non-hydrogen) atoms. The van der Waals surface area contributed by atoms with E-state index in [-0.39, 0.29) is 5.56 Å². The first-order valence-corrected chi connectivity index (χ1v) is 9.74. The van der Waals surface area contributed by atoms with Crippen molar-refractivity contribution < 1.29 is 9.90 Å². The zero-order valence-corrected chi connectivity index (χ0v) is 14.8. The van der Waals surface area contributed by atoms with Crippen LogP contribution >= 0.6 is 0 Å². The molecule has 0 aliphatic heterocycles. The van der Waals surface area contributed by atoms with Gasteiger partial charge in [-0.05, 0) is 5.56 Å². The van der Waals surface area contributed by atoms with Crippen LogP contribution in [0, 0.1) is 0 Å². The molecule has 107 valence electrons. The molecule has 0 spiro atoms. The van der Waals surface area contributed by atoms with Crippen molar-refractivity contribution in [2.45, 2.75) is 0 Å². The molecule has 1 radical (unpaired) electrons. The molecular formula is C19H15O2Sn. The number of aromatic carboxylic acids is 1. The number of carbonyl (C=O) groups excluding carboxylic acids is 1. The second-order valence-electron chi connectivity index (χ2n) is 4.51. The molecule has 3 aromatic carbocycles. The molecule has 0 heterocycles. The van der Waals surface area contributed by atoms with Crippen LogP contribution in [0.4, 0.5) is 0 Å². The van der Waals surface area contributed by atoms with E-state index in [0.717, 1.165) is 0 Å². The molecule has 3 heteroatoms. The van der Waals surface area contributed by atoms with Gasteiger partial charge >= 0.3 is 89.0 Å². The fourth-order valence-corrected chi connectivity index (χ4v) is 4.79. The van der Waals surface area contributed by atoms with Gasteiger partial charge in [0.1, 0.15) is 0 Å². The molecule has 0 N–H and O–H groups in total. The van der Waals surface area contributed by atoms with Crippen LogP contribution in [0.25, 0.3) is 0 Å². The number of carboxylic acids is 1. The molecule has 0 aliphatic carbocycles. The van der Waals surface area contributed by atoms with Crippen molar-refractivity contribution >= 4 is 34.3 Å². The minimum atomic E-state index is -1.13. The Labute approximate surface area is 140 Å². The van der Waals surface area contributed by atoms with Gasteiger partial charge in [0.2, 0.25) is 0 Å². The Bertz CT molecular complexity index is 645. The molecule has 2 nitrogen and oxygen atoms in total. The fourth-order valence-electron chi connectivity index (χ4n) is 1.78. The summed E-state index contributed by atoms with van der Waals surface area (Å²) >= 11 is -0.517. The van der Waals surface area contributed by atoms with E-state index in [4.69, 9.17) is 0 Å². The number of carbonyl (C=O) groups is 1. The Kier molecular flexibility index (Phi) is 6.71. The Balaban J connectivity index is 0.000000172. The maximum atomic E-state index is 10.1. The number of benzene rings is 3. The molecule has 0 fully saturated rings. The first-order chi connectivity index (χ1) is 10.8. The van der Waals surface area contributed by atoms with Crippen LogP contribution in [0.5, 0.6) is 0 Å². The summed E-state index contributed by atoms with van der Waals surface area (Å²) in [5.41, 5.74) is 0.220. The van der Waals surface area contributed by atoms with Crippen molar-refractivity contribution in [2.24, 2.45) is 0 Å². The van der Waals surface area contributed by atoms with Gasteiger partial charge in [0.25, 0.3) is 0 Å². The number of rotatable bonds is 3. The number of carboxylic acid groups (broad SMARTS) is 1. The van der Waals surface area contributed by atoms with Crippen molar-refractivity contribution in [3.63, 3.8) is 0 Å². The van der Waals surface area contributed by atoms with Crippen LogP contribution in [0.15, 0.2) is 91.0 Å². The summed E-state index contributed by atoms with van der Waals surface area (Å²) in [5.74, 6) is -1.13. The molecule has 0 unspecified atom stereocenters. The van der Waals surface area contributed by atoms with Crippen LogP contribution < -0.4 is 12.3 Å². The number of hydrogen-bond acceptors (Lipinski definition) is 2. The van der Waals surface area contributed by atoms with Crippen LogP contribution in [-0.4, -0.2) is 27.1 Å². The summed E-state index contributed by atoms with van der Waals surface area (Å²) in [7, 11) is 0. The molecule has 0 amide bonds. The van der Waals surface area contributed by atoms with Crippen LogP contribution in [0.1, 0.15) is 10.4 Å². The fraction of sp³-hybridized carbons (Fsp3) is 0. The van der Waals surface area contributed by atoms with E-state index in [2.05, 4.69) is 60.7 Å². The quantitative estimate of drug-likeness (QED) is 0.631. The normalized spacial score (nSPS) is 9.27. The van der Waals surface area contributed by atoms with Crippen LogP contribution in [-0.2, 0) is 0 Å². The summed E-state index contributed by atoms with van der Waals surface area (Å²) in [6, 6.07) is 29.7. The molecule has 0 aromatic heterocycles. The van der Waals surface area contributed by atoms with Gasteiger partial charge in [-0.2, -0.15) is 0 Å². The Morgan fingerprint density at radius 1 is 0.636 bits per heavy atom. The van der Waals surface area contributed by atoms with E-state index in [0.29, 0.717) is 0 Å². The van der Waals surface area contributed by atoms with Gasteiger partial charge in [0.15, 0.2) is 0 Å². The Morgan fingerprint density at radius 3 is 1.32 bits per heavy atom. The summed E-state index contributed by atoms with van der Waals surface area (Å²) < 4.78 is 3.08. The van der Waals surface area contributed by atoms with E-state index in [1.165, 1.54) is 19.3 Å². The van der Waals surface area contributed by atoms with Crippen molar-refractivity contribution in [3.05, 3.63) is 96.6 Å². The van der Waals surface area contributed by atoms with Gasteiger partial charge in [-0.25, -0.2) is 0 Å². The molecule has 0 bridgehead atoms. The van der Waals surface area contributed by atoms with E-state index >= 15 is 0 Å². The summed E-state index contributed by atoms with van der Waals surface area (Å²) in [5, 5.41) is 10.1. The standard InChI is InChI=1S/C7H6O2.2C6H5.Sn/c8-7(9)6-4-2-1-3-5-6;2*1-2-4-6-5-3-1;/h1-5H,(H,8,9);2*1-5H;/q;;;+1/p-1. The third-order valence-electron chi connectivity index (χ3n) is 2.85. The molecule has 3 aromatic rings. The van der Waals surface area contributed by atoms with E-state index in [1.807, 2.05) is 0 Å². The van der Waals surface area contributed by atoms with Crippen LogP contribution in [0.3, 0.4) is 0 Å². The van der Waals surface area contributed by atoms with Gasteiger partial charge < -0.3 is 9.90 Å². The summed E-state index contributed by atoms with van der Waals surface area (Å²) in [6.07, 6.45) is 0. The molecule has 3 rings (SSSR count). The maximum absolute atomic E-state index is 10.1. The Hall–Kier alpha value is -2.07. The minimum absolute atomic E-state index is 0.220. The molecule has 0 saturated carbocycles. The molecule has 0 atom stereocenters. The first-order valence-electron chi connectivity index (χ1n) is 6.89. The van der Waals surface area contributed by atoms with E-state index in [1.54, 1.807) is 18.2 Å². The van der Waals surface area contributed by atoms with Crippen LogP contribution in [0.2, 0.25) is 0 Å². The molecular weight excluding hydrogens is 379 g/mol. The predicted octanol–water partition coefficient (Wildman–Crippen LogP) is 1.39. The zero-order chi connectivity index (χ0) is 15.6. The first kappa shape index (κ1) is 16.3. The zero-order valence-electron chi connectivity index (χ0n) is 12.0. The van der Waals surface area contributed by atoms with Crippen molar-refractivity contribution in [1.82, 2.24) is 0 Å². The predicted molar refractivity (Wildman–Crippen MR) is 88.7 cm³/mol. The summed E-state index contributed by atoms with van der Waals surface area (Å²) in [4.78, 5) is 10.1. The summed E-state index contributed by atoms with van der Waals surface area (Å²) in [6.45, 7) is 0. The SMILES string of the molecule is O=C([O-])c1ccccc1.c1cc[c]([Sn+][c]2ccccc2)cc1. The molecule has 0 saturated heterocycles. The molecule has 0 aliphatic rings. The van der Waals surface area contributed by atoms with E-state index < -0.39 is 27.1 Å². The van der Waals surface area contributed by atoms with Gasteiger partial charge in [-0.15, -0.1) is 0 Å². The van der Waals surface area contributed by atoms with Gasteiger partial charge in [0.05, 0.1) is 5.97 Å². The number of hydrogen-bond donors (Lipinski definition) is 0. The van der Waals surface area contributed by atoms with Crippen molar-refractivity contribution in [1.29, 1.82) is 0 Å².